The maximum absolute atomic E-state index is 10.2. The van der Waals surface area contributed by atoms with Crippen LogP contribution >= 0.6 is 0 Å². The Hall–Kier alpha value is -1.15. The molecule has 0 heterocycles. The average Bonchev–Trinajstić information content (AvgIpc) is 2.15. The normalized spacial score (nSPS) is 12.5. The van der Waals surface area contributed by atoms with Crippen molar-refractivity contribution in [2.45, 2.75) is 25.8 Å². The average molecular weight is 177 g/mol. The van der Waals surface area contributed by atoms with E-state index < -0.39 is 0 Å². The summed E-state index contributed by atoms with van der Waals surface area (Å²) in [5, 5.41) is 0. The van der Waals surface area contributed by atoms with Crippen LogP contribution in [0.2, 0.25) is 0 Å². The van der Waals surface area contributed by atoms with Crippen LogP contribution in [0.15, 0.2) is 24.3 Å². The first-order valence-corrected chi connectivity index (χ1v) is 4.50. The summed E-state index contributed by atoms with van der Waals surface area (Å²) >= 11 is 0. The molecule has 0 saturated carbocycles. The van der Waals surface area contributed by atoms with Crippen molar-refractivity contribution < 1.29 is 4.79 Å². The largest absolute Gasteiger partial charge is 0.324 e. The van der Waals surface area contributed by atoms with Crippen molar-refractivity contribution in [3.63, 3.8) is 0 Å². The Morgan fingerprint density at radius 3 is 2.77 bits per heavy atom. The van der Waals surface area contributed by atoms with E-state index in [1.54, 1.807) is 0 Å². The summed E-state index contributed by atoms with van der Waals surface area (Å²) in [4.78, 5) is 10.2. The van der Waals surface area contributed by atoms with Gasteiger partial charge in [-0.15, -0.1) is 0 Å². The summed E-state index contributed by atoms with van der Waals surface area (Å²) in [7, 11) is 0. The van der Waals surface area contributed by atoms with Crippen molar-refractivity contribution >= 4 is 6.29 Å². The molecule has 2 heteroatoms. The Kier molecular flexibility index (Phi) is 3.65. The van der Waals surface area contributed by atoms with Crippen LogP contribution in [-0.4, -0.2) is 6.29 Å². The van der Waals surface area contributed by atoms with Gasteiger partial charge < -0.3 is 10.5 Å². The second-order valence-electron chi connectivity index (χ2n) is 3.21. The van der Waals surface area contributed by atoms with E-state index in [4.69, 9.17) is 5.73 Å². The van der Waals surface area contributed by atoms with Crippen molar-refractivity contribution in [3.8, 4) is 0 Å². The molecule has 0 radical (unpaired) electrons. The van der Waals surface area contributed by atoms with Crippen LogP contribution in [-0.2, 0) is 4.79 Å². The minimum Gasteiger partial charge on any atom is -0.324 e. The zero-order chi connectivity index (χ0) is 9.68. The molecule has 1 unspecified atom stereocenters. The van der Waals surface area contributed by atoms with Gasteiger partial charge in [0.05, 0.1) is 0 Å². The number of aryl methyl sites for hydroxylation is 1. The van der Waals surface area contributed by atoms with E-state index in [2.05, 4.69) is 0 Å². The molecule has 0 amide bonds. The predicted octanol–water partition coefficient (Wildman–Crippen LogP) is 1.97. The summed E-state index contributed by atoms with van der Waals surface area (Å²) in [6.07, 6.45) is 2.18. The van der Waals surface area contributed by atoms with Gasteiger partial charge in [-0.2, -0.15) is 0 Å². The number of hydrogen-bond acceptors (Lipinski definition) is 2. The van der Waals surface area contributed by atoms with Gasteiger partial charge >= 0.3 is 0 Å². The third-order valence-corrected chi connectivity index (χ3v) is 2.18. The molecule has 13 heavy (non-hydrogen) atoms. The third kappa shape index (κ3) is 2.67. The minimum atomic E-state index is -0.00796. The molecule has 0 spiro atoms. The third-order valence-electron chi connectivity index (χ3n) is 2.18. The van der Waals surface area contributed by atoms with E-state index >= 15 is 0 Å². The van der Waals surface area contributed by atoms with Gasteiger partial charge in [0.15, 0.2) is 0 Å². The molecule has 0 aliphatic heterocycles. The predicted molar refractivity (Wildman–Crippen MR) is 53.4 cm³/mol. The molecule has 0 fully saturated rings. The summed E-state index contributed by atoms with van der Waals surface area (Å²) in [6, 6.07) is 8.02. The zero-order valence-electron chi connectivity index (χ0n) is 7.86. The van der Waals surface area contributed by atoms with E-state index in [0.717, 1.165) is 18.3 Å². The van der Waals surface area contributed by atoms with Crippen LogP contribution in [0.4, 0.5) is 0 Å². The smallest absolute Gasteiger partial charge is 0.120 e. The number of aldehydes is 1. The molecule has 0 saturated heterocycles. The summed E-state index contributed by atoms with van der Waals surface area (Å²) in [6.45, 7) is 2.04. The fraction of sp³-hybridized carbons (Fsp3) is 0.364. The monoisotopic (exact) mass is 177 g/mol. The quantitative estimate of drug-likeness (QED) is 0.714. The van der Waals surface area contributed by atoms with Gasteiger partial charge in [0, 0.05) is 12.5 Å². The number of hydrogen-bond donors (Lipinski definition) is 1. The first-order valence-electron chi connectivity index (χ1n) is 4.50. The molecule has 0 bridgehead atoms. The standard InChI is InChI=1S/C11H15NO/c1-9-5-2-3-6-10(9)11(12)7-4-8-13/h2-3,5-6,8,11H,4,7,12H2,1H3. The number of carbonyl (C=O) groups excluding carboxylic acids is 1. The highest BCUT2D eigenvalue weighted by molar-refractivity contribution is 5.49. The van der Waals surface area contributed by atoms with Crippen LogP contribution in [0.1, 0.15) is 30.0 Å². The fourth-order valence-corrected chi connectivity index (χ4v) is 1.41. The van der Waals surface area contributed by atoms with Crippen molar-refractivity contribution in [2.75, 3.05) is 0 Å². The number of carbonyl (C=O) groups is 1. The Bertz CT molecular complexity index is 283. The summed E-state index contributed by atoms with van der Waals surface area (Å²) in [5.74, 6) is 0. The first-order chi connectivity index (χ1) is 6.25. The molecule has 1 aromatic carbocycles. The Morgan fingerprint density at radius 1 is 1.46 bits per heavy atom. The van der Waals surface area contributed by atoms with E-state index in [1.807, 2.05) is 31.2 Å². The number of nitrogens with two attached hydrogens (primary N) is 1. The van der Waals surface area contributed by atoms with Crippen LogP contribution in [0.5, 0.6) is 0 Å². The maximum Gasteiger partial charge on any atom is 0.120 e. The Morgan fingerprint density at radius 2 is 2.15 bits per heavy atom. The lowest BCUT2D eigenvalue weighted by Gasteiger charge is -2.12. The molecule has 2 nitrogen and oxygen atoms in total. The lowest BCUT2D eigenvalue weighted by atomic mass is 9.99. The highest BCUT2D eigenvalue weighted by Crippen LogP contribution is 2.18. The number of rotatable bonds is 4. The highest BCUT2D eigenvalue weighted by Gasteiger charge is 2.06. The minimum absolute atomic E-state index is 0.00796. The van der Waals surface area contributed by atoms with Gasteiger partial charge in [0.2, 0.25) is 0 Å². The van der Waals surface area contributed by atoms with Gasteiger partial charge in [-0.25, -0.2) is 0 Å². The molecule has 2 N–H and O–H groups in total. The molecular formula is C11H15NO. The van der Waals surface area contributed by atoms with Crippen molar-refractivity contribution in [1.29, 1.82) is 0 Å². The highest BCUT2D eigenvalue weighted by atomic mass is 16.1. The second kappa shape index (κ2) is 4.77. The van der Waals surface area contributed by atoms with Gasteiger partial charge in [0.1, 0.15) is 6.29 Å². The van der Waals surface area contributed by atoms with E-state index in [9.17, 15) is 4.79 Å². The molecule has 0 aliphatic carbocycles. The lowest BCUT2D eigenvalue weighted by Crippen LogP contribution is -2.11. The Balaban J connectivity index is 2.70. The van der Waals surface area contributed by atoms with Gasteiger partial charge in [0.25, 0.3) is 0 Å². The van der Waals surface area contributed by atoms with Crippen LogP contribution in [0.25, 0.3) is 0 Å². The zero-order valence-corrected chi connectivity index (χ0v) is 7.86. The maximum atomic E-state index is 10.2. The van der Waals surface area contributed by atoms with Crippen LogP contribution < -0.4 is 5.73 Å². The lowest BCUT2D eigenvalue weighted by molar-refractivity contribution is -0.108. The Labute approximate surface area is 78.8 Å². The van der Waals surface area contributed by atoms with Crippen molar-refractivity contribution in [1.82, 2.24) is 0 Å². The van der Waals surface area contributed by atoms with Gasteiger partial charge in [-0.3, -0.25) is 0 Å². The molecule has 1 atom stereocenters. The summed E-state index contributed by atoms with van der Waals surface area (Å²) < 4.78 is 0. The van der Waals surface area contributed by atoms with E-state index in [1.165, 1.54) is 5.56 Å². The van der Waals surface area contributed by atoms with Crippen LogP contribution in [0, 0.1) is 6.92 Å². The van der Waals surface area contributed by atoms with Crippen molar-refractivity contribution in [3.05, 3.63) is 35.4 Å². The molecule has 1 aromatic rings. The molecule has 1 rings (SSSR count). The number of benzene rings is 1. The SMILES string of the molecule is Cc1ccccc1C(N)CCC=O. The first kappa shape index (κ1) is 9.93. The van der Waals surface area contributed by atoms with E-state index in [-0.39, 0.29) is 6.04 Å². The topological polar surface area (TPSA) is 43.1 Å². The molecule has 0 aromatic heterocycles. The van der Waals surface area contributed by atoms with Crippen molar-refractivity contribution in [2.24, 2.45) is 5.73 Å². The van der Waals surface area contributed by atoms with Crippen LogP contribution in [0.3, 0.4) is 0 Å². The summed E-state index contributed by atoms with van der Waals surface area (Å²) in [5.41, 5.74) is 8.26. The van der Waals surface area contributed by atoms with Gasteiger partial charge in [-0.1, -0.05) is 24.3 Å². The van der Waals surface area contributed by atoms with Gasteiger partial charge in [-0.05, 0) is 24.5 Å². The van der Waals surface area contributed by atoms with E-state index in [0.29, 0.717) is 6.42 Å². The molecular weight excluding hydrogens is 162 g/mol. The molecule has 0 aliphatic rings. The fourth-order valence-electron chi connectivity index (χ4n) is 1.41. The molecule has 70 valence electrons. The second-order valence-corrected chi connectivity index (χ2v) is 3.21.